The summed E-state index contributed by atoms with van der Waals surface area (Å²) in [5.41, 5.74) is 4.59. The van der Waals surface area contributed by atoms with Crippen LogP contribution in [0.2, 0.25) is 0 Å². The number of carbonyl (C=O) groups excluding carboxylic acids is 1. The van der Waals surface area contributed by atoms with Crippen molar-refractivity contribution in [1.29, 1.82) is 0 Å². The third kappa shape index (κ3) is 3.35. The Morgan fingerprint density at radius 1 is 1.06 bits per heavy atom. The Bertz CT molecular complexity index is 523. The normalized spacial score (nSPS) is 9.83. The molecule has 3 heteroatoms. The fourth-order valence-corrected chi connectivity index (χ4v) is 1.69. The van der Waals surface area contributed by atoms with Gasteiger partial charge >= 0.3 is 0 Å². The zero-order valence-corrected chi connectivity index (χ0v) is 10.2. The summed E-state index contributed by atoms with van der Waals surface area (Å²) < 4.78 is 0. The van der Waals surface area contributed by atoms with Crippen LogP contribution in [0.4, 0.5) is 0 Å². The summed E-state index contributed by atoms with van der Waals surface area (Å²) in [5, 5.41) is 0. The van der Waals surface area contributed by atoms with Crippen LogP contribution in [0.3, 0.4) is 0 Å². The molecule has 0 atom stereocenters. The van der Waals surface area contributed by atoms with Crippen LogP contribution >= 0.6 is 0 Å². The summed E-state index contributed by atoms with van der Waals surface area (Å²) in [4.78, 5) is 16.1. The third-order valence-electron chi connectivity index (χ3n) is 2.51. The summed E-state index contributed by atoms with van der Waals surface area (Å²) in [6, 6.07) is 17.8. The molecule has 0 fully saturated rings. The van der Waals surface area contributed by atoms with Crippen LogP contribution in [0.5, 0.6) is 5.75 Å². The van der Waals surface area contributed by atoms with E-state index in [2.05, 4.69) is 17.6 Å². The first-order chi connectivity index (χ1) is 8.75. The fraction of sp³-hybridized carbons (Fsp3) is 0.133. The predicted molar refractivity (Wildman–Crippen MR) is 70.1 cm³/mol. The summed E-state index contributed by atoms with van der Waals surface area (Å²) in [6.45, 7) is 1.42. The summed E-state index contributed by atoms with van der Waals surface area (Å²) >= 11 is 0. The SMILES string of the molecule is CC(=O)NOc1ccccc1Cc1ccccc1. The van der Waals surface area contributed by atoms with Crippen LogP contribution in [0, 0.1) is 0 Å². The van der Waals surface area contributed by atoms with E-state index in [0.29, 0.717) is 5.75 Å². The van der Waals surface area contributed by atoms with Crippen LogP contribution in [0.1, 0.15) is 18.1 Å². The minimum atomic E-state index is -0.218. The minimum Gasteiger partial charge on any atom is -0.379 e. The summed E-state index contributed by atoms with van der Waals surface area (Å²) in [6.07, 6.45) is 0.774. The van der Waals surface area contributed by atoms with E-state index in [0.717, 1.165) is 12.0 Å². The van der Waals surface area contributed by atoms with E-state index in [9.17, 15) is 4.79 Å². The van der Waals surface area contributed by atoms with E-state index in [1.807, 2.05) is 42.5 Å². The first kappa shape index (κ1) is 12.2. The quantitative estimate of drug-likeness (QED) is 0.836. The zero-order valence-electron chi connectivity index (χ0n) is 10.2. The van der Waals surface area contributed by atoms with Gasteiger partial charge in [-0.3, -0.25) is 4.79 Å². The lowest BCUT2D eigenvalue weighted by molar-refractivity contribution is -0.125. The Hall–Kier alpha value is -2.29. The van der Waals surface area contributed by atoms with Crippen LogP contribution < -0.4 is 10.3 Å². The van der Waals surface area contributed by atoms with Gasteiger partial charge in [0.2, 0.25) is 5.91 Å². The molecule has 0 aliphatic rings. The average molecular weight is 241 g/mol. The van der Waals surface area contributed by atoms with Crippen molar-refractivity contribution in [3.8, 4) is 5.75 Å². The lowest BCUT2D eigenvalue weighted by Crippen LogP contribution is -2.24. The molecular formula is C15H15NO2. The molecule has 0 saturated carbocycles. The highest BCUT2D eigenvalue weighted by Gasteiger charge is 2.04. The zero-order chi connectivity index (χ0) is 12.8. The summed E-state index contributed by atoms with van der Waals surface area (Å²) in [5.74, 6) is 0.459. The lowest BCUT2D eigenvalue weighted by atomic mass is 10.0. The van der Waals surface area contributed by atoms with Crippen LogP contribution in [0.15, 0.2) is 54.6 Å². The van der Waals surface area contributed by atoms with Crippen molar-refractivity contribution in [3.05, 3.63) is 65.7 Å². The molecular weight excluding hydrogens is 226 g/mol. The second kappa shape index (κ2) is 5.87. The van der Waals surface area contributed by atoms with E-state index in [1.54, 1.807) is 0 Å². The smallest absolute Gasteiger partial charge is 0.249 e. The van der Waals surface area contributed by atoms with Gasteiger partial charge in [-0.2, -0.15) is 5.48 Å². The number of hydroxylamine groups is 1. The topological polar surface area (TPSA) is 38.3 Å². The van der Waals surface area contributed by atoms with Crippen molar-refractivity contribution in [3.63, 3.8) is 0 Å². The number of rotatable bonds is 4. The number of benzene rings is 2. The monoisotopic (exact) mass is 241 g/mol. The van der Waals surface area contributed by atoms with Crippen molar-refractivity contribution >= 4 is 5.91 Å². The van der Waals surface area contributed by atoms with E-state index in [1.165, 1.54) is 12.5 Å². The maximum atomic E-state index is 10.9. The van der Waals surface area contributed by atoms with Crippen LogP contribution in [-0.2, 0) is 11.2 Å². The predicted octanol–water partition coefficient (Wildman–Crippen LogP) is 2.71. The largest absolute Gasteiger partial charge is 0.379 e. The van der Waals surface area contributed by atoms with Gasteiger partial charge in [0.25, 0.3) is 0 Å². The third-order valence-corrected chi connectivity index (χ3v) is 2.51. The van der Waals surface area contributed by atoms with Gasteiger partial charge in [-0.15, -0.1) is 0 Å². The van der Waals surface area contributed by atoms with E-state index in [-0.39, 0.29) is 5.91 Å². The van der Waals surface area contributed by atoms with Crippen molar-refractivity contribution in [2.75, 3.05) is 0 Å². The van der Waals surface area contributed by atoms with Gasteiger partial charge < -0.3 is 4.84 Å². The molecule has 2 aromatic rings. The molecule has 1 N–H and O–H groups in total. The van der Waals surface area contributed by atoms with Gasteiger partial charge in [-0.05, 0) is 11.6 Å². The van der Waals surface area contributed by atoms with Crippen molar-refractivity contribution in [1.82, 2.24) is 5.48 Å². The Morgan fingerprint density at radius 3 is 2.44 bits per heavy atom. The van der Waals surface area contributed by atoms with Gasteiger partial charge in [-0.25, -0.2) is 0 Å². The first-order valence-corrected chi connectivity index (χ1v) is 5.81. The standard InChI is InChI=1S/C15H15NO2/c1-12(17)16-18-15-10-6-5-9-14(15)11-13-7-3-2-4-8-13/h2-10H,11H2,1H3,(H,16,17). The maximum absolute atomic E-state index is 10.9. The number of nitrogens with one attached hydrogen (secondary N) is 1. The fourth-order valence-electron chi connectivity index (χ4n) is 1.69. The van der Waals surface area contributed by atoms with Crippen LogP contribution in [0.25, 0.3) is 0 Å². The number of hydrogen-bond donors (Lipinski definition) is 1. The molecule has 0 aliphatic heterocycles. The Kier molecular flexibility index (Phi) is 3.97. The number of amides is 1. The molecule has 0 heterocycles. The molecule has 0 aliphatic carbocycles. The average Bonchev–Trinajstić information content (AvgIpc) is 2.39. The van der Waals surface area contributed by atoms with E-state index < -0.39 is 0 Å². The van der Waals surface area contributed by atoms with Gasteiger partial charge in [0.15, 0.2) is 5.75 Å². The molecule has 2 aromatic carbocycles. The Balaban J connectivity index is 2.14. The Morgan fingerprint density at radius 2 is 1.72 bits per heavy atom. The van der Waals surface area contributed by atoms with Crippen molar-refractivity contribution in [2.24, 2.45) is 0 Å². The molecule has 0 bridgehead atoms. The minimum absolute atomic E-state index is 0.218. The lowest BCUT2D eigenvalue weighted by Gasteiger charge is -2.10. The number of hydrogen-bond acceptors (Lipinski definition) is 2. The molecule has 92 valence electrons. The molecule has 0 unspecified atom stereocenters. The number of para-hydroxylation sites is 1. The van der Waals surface area contributed by atoms with Crippen LogP contribution in [-0.4, -0.2) is 5.91 Å². The van der Waals surface area contributed by atoms with Crippen molar-refractivity contribution < 1.29 is 9.63 Å². The molecule has 3 nitrogen and oxygen atoms in total. The molecule has 1 amide bonds. The van der Waals surface area contributed by atoms with Gasteiger partial charge in [0, 0.05) is 18.9 Å². The molecule has 0 aromatic heterocycles. The molecule has 0 spiro atoms. The molecule has 0 saturated heterocycles. The molecule has 18 heavy (non-hydrogen) atoms. The van der Waals surface area contributed by atoms with E-state index >= 15 is 0 Å². The maximum Gasteiger partial charge on any atom is 0.249 e. The van der Waals surface area contributed by atoms with Gasteiger partial charge in [0.05, 0.1) is 0 Å². The van der Waals surface area contributed by atoms with E-state index in [4.69, 9.17) is 4.84 Å². The van der Waals surface area contributed by atoms with Gasteiger partial charge in [-0.1, -0.05) is 48.5 Å². The molecule has 2 rings (SSSR count). The highest BCUT2D eigenvalue weighted by atomic mass is 16.7. The van der Waals surface area contributed by atoms with Crippen molar-refractivity contribution in [2.45, 2.75) is 13.3 Å². The first-order valence-electron chi connectivity index (χ1n) is 5.81. The highest BCUT2D eigenvalue weighted by molar-refractivity contribution is 5.71. The Labute approximate surface area is 106 Å². The number of carbonyl (C=O) groups is 1. The summed E-state index contributed by atoms with van der Waals surface area (Å²) in [7, 11) is 0. The second-order valence-corrected chi connectivity index (χ2v) is 4.03. The second-order valence-electron chi connectivity index (χ2n) is 4.03. The van der Waals surface area contributed by atoms with Gasteiger partial charge in [0.1, 0.15) is 0 Å². The highest BCUT2D eigenvalue weighted by Crippen LogP contribution is 2.20. The molecule has 0 radical (unpaired) electrons.